The number of anilines is 1. The molecule has 0 saturated heterocycles. The Bertz CT molecular complexity index is 443. The van der Waals surface area contributed by atoms with Crippen molar-refractivity contribution in [1.82, 2.24) is 4.90 Å². The van der Waals surface area contributed by atoms with Crippen molar-refractivity contribution in [3.05, 3.63) is 24.3 Å². The number of amides is 3. The minimum absolute atomic E-state index is 0.0870. The molecule has 6 nitrogen and oxygen atoms in total. The zero-order valence-corrected chi connectivity index (χ0v) is 11.4. The van der Waals surface area contributed by atoms with Crippen LogP contribution in [0.5, 0.6) is 5.75 Å². The Morgan fingerprint density at radius 2 is 1.79 bits per heavy atom. The maximum atomic E-state index is 11.7. The van der Waals surface area contributed by atoms with E-state index >= 15 is 0 Å². The summed E-state index contributed by atoms with van der Waals surface area (Å²) in [5.41, 5.74) is 5.86. The van der Waals surface area contributed by atoms with E-state index in [0.717, 1.165) is 0 Å². The van der Waals surface area contributed by atoms with Crippen LogP contribution in [0.15, 0.2) is 24.3 Å². The number of urea groups is 1. The molecule has 0 aliphatic carbocycles. The SMILES string of the molecule is CCOc1ccc(N(CC(=O)N(C)C)C(N)=O)cc1. The van der Waals surface area contributed by atoms with Gasteiger partial charge in [0.05, 0.1) is 6.61 Å². The molecule has 0 fully saturated rings. The number of nitrogens with two attached hydrogens (primary N) is 1. The first-order chi connectivity index (χ1) is 8.95. The highest BCUT2D eigenvalue weighted by molar-refractivity contribution is 5.96. The Kier molecular flexibility index (Phi) is 5.17. The van der Waals surface area contributed by atoms with Gasteiger partial charge in [0.1, 0.15) is 12.3 Å². The molecule has 6 heteroatoms. The second kappa shape index (κ2) is 6.63. The fourth-order valence-electron chi connectivity index (χ4n) is 1.46. The predicted molar refractivity (Wildman–Crippen MR) is 73.2 cm³/mol. The maximum Gasteiger partial charge on any atom is 0.319 e. The van der Waals surface area contributed by atoms with Gasteiger partial charge in [0.2, 0.25) is 5.91 Å². The zero-order valence-electron chi connectivity index (χ0n) is 11.4. The lowest BCUT2D eigenvalue weighted by Crippen LogP contribution is -2.43. The van der Waals surface area contributed by atoms with Crippen molar-refractivity contribution in [2.24, 2.45) is 5.73 Å². The predicted octanol–water partition coefficient (Wildman–Crippen LogP) is 1.06. The van der Waals surface area contributed by atoms with E-state index in [0.29, 0.717) is 18.0 Å². The fourth-order valence-corrected chi connectivity index (χ4v) is 1.46. The van der Waals surface area contributed by atoms with Gasteiger partial charge in [-0.15, -0.1) is 0 Å². The first kappa shape index (κ1) is 14.8. The van der Waals surface area contributed by atoms with E-state index < -0.39 is 6.03 Å². The van der Waals surface area contributed by atoms with E-state index in [2.05, 4.69) is 0 Å². The van der Waals surface area contributed by atoms with E-state index in [-0.39, 0.29) is 12.5 Å². The summed E-state index contributed by atoms with van der Waals surface area (Å²) in [7, 11) is 3.25. The second-order valence-corrected chi connectivity index (χ2v) is 4.14. The number of hydrogen-bond donors (Lipinski definition) is 1. The zero-order chi connectivity index (χ0) is 14.4. The number of nitrogens with zero attached hydrogens (tertiary/aromatic N) is 2. The minimum Gasteiger partial charge on any atom is -0.494 e. The Hall–Kier alpha value is -2.24. The summed E-state index contributed by atoms with van der Waals surface area (Å²) in [6.07, 6.45) is 0. The Labute approximate surface area is 112 Å². The van der Waals surface area contributed by atoms with Crippen molar-refractivity contribution < 1.29 is 14.3 Å². The van der Waals surface area contributed by atoms with Crippen LogP contribution in [-0.4, -0.2) is 44.1 Å². The van der Waals surface area contributed by atoms with Crippen LogP contribution in [0, 0.1) is 0 Å². The smallest absolute Gasteiger partial charge is 0.319 e. The van der Waals surface area contributed by atoms with Crippen LogP contribution in [0.4, 0.5) is 10.5 Å². The van der Waals surface area contributed by atoms with Gasteiger partial charge in [0.25, 0.3) is 0 Å². The van der Waals surface area contributed by atoms with E-state index in [4.69, 9.17) is 10.5 Å². The molecule has 0 saturated carbocycles. The highest BCUT2D eigenvalue weighted by atomic mass is 16.5. The molecular formula is C13H19N3O3. The lowest BCUT2D eigenvalue weighted by atomic mass is 10.2. The van der Waals surface area contributed by atoms with Crippen LogP contribution in [0.25, 0.3) is 0 Å². The summed E-state index contributed by atoms with van der Waals surface area (Å²) in [5.74, 6) is 0.502. The number of carbonyl (C=O) groups excluding carboxylic acids is 2. The molecule has 0 spiro atoms. The van der Waals surface area contributed by atoms with E-state index in [1.807, 2.05) is 6.92 Å². The van der Waals surface area contributed by atoms with Crippen LogP contribution < -0.4 is 15.4 Å². The summed E-state index contributed by atoms with van der Waals surface area (Å²) < 4.78 is 5.31. The molecule has 0 bridgehead atoms. The van der Waals surface area contributed by atoms with Crippen LogP contribution >= 0.6 is 0 Å². The van der Waals surface area contributed by atoms with Crippen molar-refractivity contribution in [3.63, 3.8) is 0 Å². The molecule has 1 aromatic carbocycles. The molecule has 0 aliphatic heterocycles. The average molecular weight is 265 g/mol. The molecule has 0 radical (unpaired) electrons. The second-order valence-electron chi connectivity index (χ2n) is 4.14. The molecule has 104 valence electrons. The lowest BCUT2D eigenvalue weighted by Gasteiger charge is -2.22. The van der Waals surface area contributed by atoms with Gasteiger partial charge in [0, 0.05) is 19.8 Å². The topological polar surface area (TPSA) is 75.9 Å². The Morgan fingerprint density at radius 3 is 2.21 bits per heavy atom. The van der Waals surface area contributed by atoms with E-state index in [1.54, 1.807) is 38.4 Å². The third-order valence-corrected chi connectivity index (χ3v) is 2.52. The minimum atomic E-state index is -0.667. The van der Waals surface area contributed by atoms with Crippen LogP contribution in [0.3, 0.4) is 0 Å². The van der Waals surface area contributed by atoms with Crippen molar-refractivity contribution in [2.45, 2.75) is 6.92 Å². The number of primary amides is 1. The van der Waals surface area contributed by atoms with Crippen molar-refractivity contribution in [1.29, 1.82) is 0 Å². The van der Waals surface area contributed by atoms with Crippen LogP contribution in [0.1, 0.15) is 6.92 Å². The van der Waals surface area contributed by atoms with Gasteiger partial charge in [-0.2, -0.15) is 0 Å². The molecule has 3 amide bonds. The normalized spacial score (nSPS) is 9.84. The number of ether oxygens (including phenoxy) is 1. The fraction of sp³-hybridized carbons (Fsp3) is 0.385. The third-order valence-electron chi connectivity index (χ3n) is 2.52. The molecule has 0 aliphatic rings. The molecular weight excluding hydrogens is 246 g/mol. The van der Waals surface area contributed by atoms with Gasteiger partial charge >= 0.3 is 6.03 Å². The number of likely N-dealkylation sites (N-methyl/N-ethyl adjacent to an activating group) is 1. The van der Waals surface area contributed by atoms with Gasteiger partial charge in [-0.3, -0.25) is 9.69 Å². The van der Waals surface area contributed by atoms with Gasteiger partial charge < -0.3 is 15.4 Å². The Morgan fingerprint density at radius 1 is 1.21 bits per heavy atom. The Balaban J connectivity index is 2.87. The van der Waals surface area contributed by atoms with Gasteiger partial charge in [-0.1, -0.05) is 0 Å². The highest BCUT2D eigenvalue weighted by Crippen LogP contribution is 2.19. The van der Waals surface area contributed by atoms with Crippen molar-refractivity contribution in [2.75, 3.05) is 32.1 Å². The molecule has 1 aromatic rings. The van der Waals surface area contributed by atoms with Gasteiger partial charge in [-0.05, 0) is 31.2 Å². The highest BCUT2D eigenvalue weighted by Gasteiger charge is 2.17. The standard InChI is InChI=1S/C13H19N3O3/c1-4-19-11-7-5-10(6-8-11)16(13(14)18)9-12(17)15(2)3/h5-8H,4,9H2,1-3H3,(H2,14,18). The average Bonchev–Trinajstić information content (AvgIpc) is 2.36. The maximum absolute atomic E-state index is 11.7. The lowest BCUT2D eigenvalue weighted by molar-refractivity contribution is -0.127. The number of benzene rings is 1. The summed E-state index contributed by atoms with van der Waals surface area (Å²) in [6.45, 7) is 2.37. The summed E-state index contributed by atoms with van der Waals surface area (Å²) >= 11 is 0. The molecule has 0 atom stereocenters. The van der Waals surface area contributed by atoms with Crippen molar-refractivity contribution >= 4 is 17.6 Å². The molecule has 0 unspecified atom stereocenters. The third kappa shape index (κ3) is 4.17. The van der Waals surface area contributed by atoms with Crippen molar-refractivity contribution in [3.8, 4) is 5.75 Å². The van der Waals surface area contributed by atoms with E-state index in [1.165, 1.54) is 9.80 Å². The molecule has 0 heterocycles. The summed E-state index contributed by atoms with van der Waals surface area (Å²) in [4.78, 5) is 25.7. The first-order valence-electron chi connectivity index (χ1n) is 5.95. The monoisotopic (exact) mass is 265 g/mol. The molecule has 19 heavy (non-hydrogen) atoms. The largest absolute Gasteiger partial charge is 0.494 e. The van der Waals surface area contributed by atoms with Crippen LogP contribution in [-0.2, 0) is 4.79 Å². The number of rotatable bonds is 5. The quantitative estimate of drug-likeness (QED) is 0.864. The number of carbonyl (C=O) groups is 2. The number of hydrogen-bond acceptors (Lipinski definition) is 3. The van der Waals surface area contributed by atoms with E-state index in [9.17, 15) is 9.59 Å². The molecule has 1 rings (SSSR count). The molecule has 0 aromatic heterocycles. The van der Waals surface area contributed by atoms with Crippen LogP contribution in [0.2, 0.25) is 0 Å². The summed E-state index contributed by atoms with van der Waals surface area (Å²) in [5, 5.41) is 0. The summed E-state index contributed by atoms with van der Waals surface area (Å²) in [6, 6.07) is 6.18. The van der Waals surface area contributed by atoms with Gasteiger partial charge in [0.15, 0.2) is 0 Å². The first-order valence-corrected chi connectivity index (χ1v) is 5.95. The molecule has 2 N–H and O–H groups in total. The van der Waals surface area contributed by atoms with Gasteiger partial charge in [-0.25, -0.2) is 4.79 Å².